The summed E-state index contributed by atoms with van der Waals surface area (Å²) in [7, 11) is 0. The van der Waals surface area contributed by atoms with Crippen molar-refractivity contribution in [1.29, 1.82) is 0 Å². The SMILES string of the molecule is Cc1cc(CCCC(=O)N2CCC[C@@H]2Cc2c(C(N)=O)sc3ccccc23)ccc1F. The molecule has 2 heterocycles. The number of nitrogens with zero attached hydrogens (tertiary/aromatic N) is 1. The average molecular weight is 439 g/mol. The molecule has 0 aliphatic carbocycles. The molecule has 1 aliphatic rings. The van der Waals surface area contributed by atoms with Gasteiger partial charge >= 0.3 is 0 Å². The summed E-state index contributed by atoms with van der Waals surface area (Å²) in [6, 6.07) is 13.2. The number of halogens is 1. The van der Waals surface area contributed by atoms with E-state index >= 15 is 0 Å². The van der Waals surface area contributed by atoms with Gasteiger partial charge in [-0.05, 0) is 73.2 Å². The molecule has 31 heavy (non-hydrogen) atoms. The minimum Gasteiger partial charge on any atom is -0.365 e. The number of carbonyl (C=O) groups is 2. The van der Waals surface area contributed by atoms with Crippen LogP contribution in [0.4, 0.5) is 4.39 Å². The molecule has 3 aromatic rings. The van der Waals surface area contributed by atoms with Crippen LogP contribution in [0.2, 0.25) is 0 Å². The lowest BCUT2D eigenvalue weighted by molar-refractivity contribution is -0.132. The molecule has 4 rings (SSSR count). The van der Waals surface area contributed by atoms with Crippen LogP contribution in [-0.2, 0) is 17.6 Å². The number of carbonyl (C=O) groups excluding carboxylic acids is 2. The fraction of sp³-hybridized carbons (Fsp3) is 0.360. The van der Waals surface area contributed by atoms with Gasteiger partial charge in [-0.25, -0.2) is 4.39 Å². The molecule has 2 aromatic carbocycles. The predicted octanol–water partition coefficient (Wildman–Crippen LogP) is 5.00. The number of hydrogen-bond donors (Lipinski definition) is 1. The zero-order valence-electron chi connectivity index (χ0n) is 17.7. The molecule has 2 N–H and O–H groups in total. The Bertz CT molecular complexity index is 1120. The van der Waals surface area contributed by atoms with Crippen molar-refractivity contribution in [1.82, 2.24) is 4.90 Å². The van der Waals surface area contributed by atoms with Gasteiger partial charge in [0.2, 0.25) is 5.91 Å². The van der Waals surface area contributed by atoms with Gasteiger partial charge in [-0.15, -0.1) is 11.3 Å². The molecule has 2 amide bonds. The summed E-state index contributed by atoms with van der Waals surface area (Å²) in [6.07, 6.45) is 4.53. The number of primary amides is 1. The number of fused-ring (bicyclic) bond motifs is 1. The molecule has 162 valence electrons. The molecule has 0 saturated carbocycles. The van der Waals surface area contributed by atoms with E-state index in [0.717, 1.165) is 53.4 Å². The van der Waals surface area contributed by atoms with Crippen LogP contribution < -0.4 is 5.73 Å². The maximum atomic E-state index is 13.4. The van der Waals surface area contributed by atoms with Crippen molar-refractivity contribution in [2.75, 3.05) is 6.54 Å². The van der Waals surface area contributed by atoms with Gasteiger partial charge in [-0.1, -0.05) is 30.3 Å². The van der Waals surface area contributed by atoms with Gasteiger partial charge in [0.1, 0.15) is 5.82 Å². The van der Waals surface area contributed by atoms with Gasteiger partial charge < -0.3 is 10.6 Å². The smallest absolute Gasteiger partial charge is 0.259 e. The fourth-order valence-electron chi connectivity index (χ4n) is 4.56. The van der Waals surface area contributed by atoms with E-state index in [4.69, 9.17) is 5.73 Å². The first-order valence-corrected chi connectivity index (χ1v) is 11.6. The van der Waals surface area contributed by atoms with Crippen LogP contribution in [0.15, 0.2) is 42.5 Å². The Hall–Kier alpha value is -2.73. The van der Waals surface area contributed by atoms with Crippen molar-refractivity contribution in [3.05, 3.63) is 69.8 Å². The second-order valence-corrected chi connectivity index (χ2v) is 9.35. The standard InChI is InChI=1S/C25H27FN2O2S/c1-16-14-17(11-12-21(16)26)6-4-10-23(29)28-13-5-7-18(28)15-20-19-8-2-3-9-22(19)31-24(20)25(27)30/h2-3,8-9,11-12,14,18H,4-7,10,13,15H2,1H3,(H2,27,30)/t18-/m1/s1. The minimum atomic E-state index is -0.401. The Morgan fingerprint density at radius 1 is 1.23 bits per heavy atom. The Balaban J connectivity index is 1.43. The van der Waals surface area contributed by atoms with Gasteiger partial charge in [-0.2, -0.15) is 0 Å². The monoisotopic (exact) mass is 438 g/mol. The first-order chi connectivity index (χ1) is 14.9. The van der Waals surface area contributed by atoms with Crippen LogP contribution in [0.5, 0.6) is 0 Å². The first kappa shape index (κ1) is 21.5. The van der Waals surface area contributed by atoms with Crippen LogP contribution in [-0.4, -0.2) is 29.3 Å². The van der Waals surface area contributed by atoms with Gasteiger partial charge in [0.25, 0.3) is 5.91 Å². The average Bonchev–Trinajstić information content (AvgIpc) is 3.36. The molecule has 1 fully saturated rings. The lowest BCUT2D eigenvalue weighted by atomic mass is 10.00. The van der Waals surface area contributed by atoms with Crippen molar-refractivity contribution < 1.29 is 14.0 Å². The molecule has 1 atom stereocenters. The van der Waals surface area contributed by atoms with Crippen LogP contribution in [0.25, 0.3) is 10.1 Å². The molecule has 0 bridgehead atoms. The summed E-state index contributed by atoms with van der Waals surface area (Å²) in [4.78, 5) is 27.6. The topological polar surface area (TPSA) is 63.4 Å². The number of hydrogen-bond acceptors (Lipinski definition) is 3. The Morgan fingerprint density at radius 3 is 2.81 bits per heavy atom. The summed E-state index contributed by atoms with van der Waals surface area (Å²) in [5.41, 5.74) is 8.32. The highest BCUT2D eigenvalue weighted by Crippen LogP contribution is 2.34. The summed E-state index contributed by atoms with van der Waals surface area (Å²) in [6.45, 7) is 2.51. The van der Waals surface area contributed by atoms with E-state index in [1.54, 1.807) is 13.0 Å². The highest BCUT2D eigenvalue weighted by molar-refractivity contribution is 7.21. The number of likely N-dealkylation sites (tertiary alicyclic amines) is 1. The van der Waals surface area contributed by atoms with Crippen molar-refractivity contribution in [3.63, 3.8) is 0 Å². The summed E-state index contributed by atoms with van der Waals surface area (Å²) in [5.74, 6) is -0.445. The number of benzene rings is 2. The van der Waals surface area contributed by atoms with E-state index in [1.165, 1.54) is 17.4 Å². The molecule has 1 aromatic heterocycles. The zero-order chi connectivity index (χ0) is 22.0. The Kier molecular flexibility index (Phi) is 6.37. The van der Waals surface area contributed by atoms with Crippen LogP contribution in [0.3, 0.4) is 0 Å². The van der Waals surface area contributed by atoms with E-state index in [9.17, 15) is 14.0 Å². The van der Waals surface area contributed by atoms with E-state index in [-0.39, 0.29) is 17.8 Å². The number of rotatable bonds is 7. The van der Waals surface area contributed by atoms with Crippen molar-refractivity contribution in [2.24, 2.45) is 5.73 Å². The number of thiophene rings is 1. The third kappa shape index (κ3) is 4.64. The minimum absolute atomic E-state index is 0.0941. The molecule has 6 heteroatoms. The summed E-state index contributed by atoms with van der Waals surface area (Å²) in [5, 5.41) is 1.06. The van der Waals surface area contributed by atoms with Gasteiger partial charge in [-0.3, -0.25) is 9.59 Å². The van der Waals surface area contributed by atoms with E-state index in [0.29, 0.717) is 23.3 Å². The van der Waals surface area contributed by atoms with Crippen LogP contribution in [0.1, 0.15) is 52.0 Å². The van der Waals surface area contributed by atoms with Crippen molar-refractivity contribution in [3.8, 4) is 0 Å². The van der Waals surface area contributed by atoms with Crippen molar-refractivity contribution in [2.45, 2.75) is 51.5 Å². The number of nitrogens with two attached hydrogens (primary N) is 1. The summed E-state index contributed by atoms with van der Waals surface area (Å²) < 4.78 is 14.5. The van der Waals surface area contributed by atoms with E-state index < -0.39 is 5.91 Å². The zero-order valence-corrected chi connectivity index (χ0v) is 18.5. The predicted molar refractivity (Wildman–Crippen MR) is 123 cm³/mol. The molecule has 0 unspecified atom stereocenters. The molecule has 0 radical (unpaired) electrons. The van der Waals surface area contributed by atoms with Gasteiger partial charge in [0.05, 0.1) is 4.88 Å². The summed E-state index contributed by atoms with van der Waals surface area (Å²) >= 11 is 1.43. The molecule has 1 aliphatic heterocycles. The highest BCUT2D eigenvalue weighted by Gasteiger charge is 2.30. The van der Waals surface area contributed by atoms with E-state index in [1.807, 2.05) is 35.2 Å². The molecular weight excluding hydrogens is 411 g/mol. The third-order valence-corrected chi connectivity index (χ3v) is 7.37. The first-order valence-electron chi connectivity index (χ1n) is 10.8. The third-order valence-electron chi connectivity index (χ3n) is 6.14. The maximum Gasteiger partial charge on any atom is 0.259 e. The molecular formula is C25H27FN2O2S. The maximum absolute atomic E-state index is 13.4. The largest absolute Gasteiger partial charge is 0.365 e. The Morgan fingerprint density at radius 2 is 2.03 bits per heavy atom. The number of amides is 2. The number of aryl methyl sites for hydroxylation is 2. The van der Waals surface area contributed by atoms with Crippen LogP contribution in [0, 0.1) is 12.7 Å². The second-order valence-electron chi connectivity index (χ2n) is 8.29. The van der Waals surface area contributed by atoms with E-state index in [2.05, 4.69) is 0 Å². The Labute approximate surface area is 185 Å². The van der Waals surface area contributed by atoms with Crippen molar-refractivity contribution >= 4 is 33.2 Å². The fourth-order valence-corrected chi connectivity index (χ4v) is 5.65. The van der Waals surface area contributed by atoms with Gasteiger partial charge in [0, 0.05) is 23.7 Å². The second kappa shape index (κ2) is 9.18. The lowest BCUT2D eigenvalue weighted by Gasteiger charge is -2.25. The molecule has 1 saturated heterocycles. The normalized spacial score (nSPS) is 16.2. The molecule has 4 nitrogen and oxygen atoms in total. The molecule has 0 spiro atoms. The highest BCUT2D eigenvalue weighted by atomic mass is 32.1. The van der Waals surface area contributed by atoms with Gasteiger partial charge in [0.15, 0.2) is 0 Å². The quantitative estimate of drug-likeness (QED) is 0.564. The lowest BCUT2D eigenvalue weighted by Crippen LogP contribution is -2.37. The van der Waals surface area contributed by atoms with Crippen LogP contribution >= 0.6 is 11.3 Å².